The van der Waals surface area contributed by atoms with Crippen molar-refractivity contribution in [3.05, 3.63) is 12.3 Å². The van der Waals surface area contributed by atoms with E-state index in [0.29, 0.717) is 6.04 Å². The molecule has 5 nitrogen and oxygen atoms in total. The molecule has 0 radical (unpaired) electrons. The number of nitrogens with zero attached hydrogens (tertiary/aromatic N) is 1. The Morgan fingerprint density at radius 1 is 1.36 bits per heavy atom. The first-order chi connectivity index (χ1) is 10.5. The number of hydrogen-bond acceptors (Lipinski definition) is 4. The summed E-state index contributed by atoms with van der Waals surface area (Å²) in [5.74, 6) is 0. The second-order valence-electron chi connectivity index (χ2n) is 7.17. The van der Waals surface area contributed by atoms with E-state index in [1.807, 2.05) is 25.7 Å². The molecule has 126 valence electrons. The van der Waals surface area contributed by atoms with Gasteiger partial charge in [0, 0.05) is 19.1 Å². The van der Waals surface area contributed by atoms with E-state index >= 15 is 0 Å². The van der Waals surface area contributed by atoms with Crippen LogP contribution >= 0.6 is 0 Å². The standard InChI is InChI=1S/C17H30N2O3/c1-17(2,3)22-16(20)19(14-8-9-14)11-6-10-18-13-15-7-4-5-12-21-15/h5,12,14-15,18H,4,6-11,13H2,1-3H3. The maximum absolute atomic E-state index is 12.2. The number of amides is 1. The maximum atomic E-state index is 12.2. The van der Waals surface area contributed by atoms with Gasteiger partial charge >= 0.3 is 6.09 Å². The van der Waals surface area contributed by atoms with Crippen LogP contribution in [0.15, 0.2) is 12.3 Å². The Morgan fingerprint density at radius 2 is 2.14 bits per heavy atom. The van der Waals surface area contributed by atoms with E-state index in [2.05, 4.69) is 11.4 Å². The summed E-state index contributed by atoms with van der Waals surface area (Å²) in [5, 5.41) is 3.42. The third kappa shape index (κ3) is 6.26. The first kappa shape index (κ1) is 17.1. The number of nitrogens with one attached hydrogen (secondary N) is 1. The summed E-state index contributed by atoms with van der Waals surface area (Å²) in [5.41, 5.74) is -0.422. The lowest BCUT2D eigenvalue weighted by Gasteiger charge is -2.27. The molecule has 1 amide bonds. The Labute approximate surface area is 134 Å². The van der Waals surface area contributed by atoms with Gasteiger partial charge < -0.3 is 19.7 Å². The lowest BCUT2D eigenvalue weighted by Crippen LogP contribution is -2.40. The topological polar surface area (TPSA) is 50.8 Å². The quantitative estimate of drug-likeness (QED) is 0.734. The number of allylic oxidation sites excluding steroid dienone is 1. The number of ether oxygens (including phenoxy) is 2. The highest BCUT2D eigenvalue weighted by atomic mass is 16.6. The molecule has 22 heavy (non-hydrogen) atoms. The molecular weight excluding hydrogens is 280 g/mol. The van der Waals surface area contributed by atoms with Crippen LogP contribution in [0.1, 0.15) is 52.9 Å². The molecule has 1 atom stereocenters. The van der Waals surface area contributed by atoms with Gasteiger partial charge in [-0.1, -0.05) is 0 Å². The first-order valence-electron chi connectivity index (χ1n) is 8.46. The summed E-state index contributed by atoms with van der Waals surface area (Å²) < 4.78 is 11.0. The van der Waals surface area contributed by atoms with Crippen molar-refractivity contribution in [3.63, 3.8) is 0 Å². The van der Waals surface area contributed by atoms with Crippen molar-refractivity contribution < 1.29 is 14.3 Å². The molecule has 5 heteroatoms. The van der Waals surface area contributed by atoms with Crippen LogP contribution in [0.5, 0.6) is 0 Å². The van der Waals surface area contributed by atoms with E-state index in [1.165, 1.54) is 0 Å². The van der Waals surface area contributed by atoms with Crippen molar-refractivity contribution in [3.8, 4) is 0 Å². The van der Waals surface area contributed by atoms with Crippen LogP contribution in [0.25, 0.3) is 0 Å². The van der Waals surface area contributed by atoms with Gasteiger partial charge in [-0.05, 0) is 65.5 Å². The molecule has 1 aliphatic carbocycles. The van der Waals surface area contributed by atoms with Gasteiger partial charge in [0.1, 0.15) is 11.7 Å². The predicted molar refractivity (Wildman–Crippen MR) is 86.7 cm³/mol. The predicted octanol–water partition coefficient (Wildman–Crippen LogP) is 3.06. The molecule has 2 rings (SSSR count). The molecule has 0 saturated heterocycles. The smallest absolute Gasteiger partial charge is 0.410 e. The second-order valence-corrected chi connectivity index (χ2v) is 7.17. The first-order valence-corrected chi connectivity index (χ1v) is 8.46. The summed E-state index contributed by atoms with van der Waals surface area (Å²) in [6, 6.07) is 0.390. The SMILES string of the molecule is CC(C)(C)OC(=O)N(CCCNCC1CCC=CO1)C1CC1. The highest BCUT2D eigenvalue weighted by Gasteiger charge is 2.34. The largest absolute Gasteiger partial charge is 0.497 e. The van der Waals surface area contributed by atoms with Gasteiger partial charge in [0.2, 0.25) is 0 Å². The van der Waals surface area contributed by atoms with E-state index in [-0.39, 0.29) is 12.2 Å². The summed E-state index contributed by atoms with van der Waals surface area (Å²) >= 11 is 0. The minimum Gasteiger partial charge on any atom is -0.497 e. The number of carbonyl (C=O) groups excluding carboxylic acids is 1. The van der Waals surface area contributed by atoms with Crippen LogP contribution in [-0.2, 0) is 9.47 Å². The van der Waals surface area contributed by atoms with Crippen molar-refractivity contribution >= 4 is 6.09 Å². The molecular formula is C17H30N2O3. The molecule has 0 bridgehead atoms. The number of rotatable bonds is 7. The number of hydrogen-bond donors (Lipinski definition) is 1. The van der Waals surface area contributed by atoms with Crippen LogP contribution in [0.4, 0.5) is 4.79 Å². The van der Waals surface area contributed by atoms with Crippen LogP contribution in [0.2, 0.25) is 0 Å². The highest BCUT2D eigenvalue weighted by molar-refractivity contribution is 5.69. The summed E-state index contributed by atoms with van der Waals surface area (Å²) in [4.78, 5) is 14.1. The van der Waals surface area contributed by atoms with Crippen LogP contribution < -0.4 is 5.32 Å². The van der Waals surface area contributed by atoms with E-state index < -0.39 is 5.60 Å². The highest BCUT2D eigenvalue weighted by Crippen LogP contribution is 2.28. The van der Waals surface area contributed by atoms with Gasteiger partial charge in [-0.15, -0.1) is 0 Å². The van der Waals surface area contributed by atoms with Gasteiger partial charge in [0.15, 0.2) is 0 Å². The molecule has 1 heterocycles. The molecule has 1 saturated carbocycles. The second kappa shape index (κ2) is 7.86. The molecule has 0 aromatic heterocycles. The molecule has 0 aromatic carbocycles. The van der Waals surface area contributed by atoms with Gasteiger partial charge in [-0.3, -0.25) is 0 Å². The van der Waals surface area contributed by atoms with Crippen LogP contribution in [0, 0.1) is 0 Å². The normalized spacial score (nSPS) is 21.3. The molecule has 0 spiro atoms. The Bertz CT molecular complexity index is 386. The average molecular weight is 310 g/mol. The molecule has 0 aromatic rings. The third-order valence-corrected chi connectivity index (χ3v) is 3.76. The molecule has 1 N–H and O–H groups in total. The van der Waals surface area contributed by atoms with E-state index in [9.17, 15) is 4.79 Å². The third-order valence-electron chi connectivity index (χ3n) is 3.76. The van der Waals surface area contributed by atoms with Crippen LogP contribution in [0.3, 0.4) is 0 Å². The van der Waals surface area contributed by atoms with Crippen molar-refractivity contribution in [1.29, 1.82) is 0 Å². The zero-order valence-corrected chi connectivity index (χ0v) is 14.1. The fourth-order valence-corrected chi connectivity index (χ4v) is 2.50. The summed E-state index contributed by atoms with van der Waals surface area (Å²) in [6.07, 6.45) is 9.31. The van der Waals surface area contributed by atoms with E-state index in [1.54, 1.807) is 6.26 Å². The monoisotopic (exact) mass is 310 g/mol. The van der Waals surface area contributed by atoms with Crippen molar-refractivity contribution in [2.24, 2.45) is 0 Å². The molecule has 1 aliphatic heterocycles. The van der Waals surface area contributed by atoms with E-state index in [4.69, 9.17) is 9.47 Å². The Kier molecular flexibility index (Phi) is 6.12. The summed E-state index contributed by atoms with van der Waals surface area (Å²) in [7, 11) is 0. The number of carbonyl (C=O) groups is 1. The lowest BCUT2D eigenvalue weighted by atomic mass is 10.1. The fraction of sp³-hybridized carbons (Fsp3) is 0.824. The summed E-state index contributed by atoms with van der Waals surface area (Å²) in [6.45, 7) is 8.27. The maximum Gasteiger partial charge on any atom is 0.410 e. The van der Waals surface area contributed by atoms with E-state index in [0.717, 1.165) is 51.7 Å². The van der Waals surface area contributed by atoms with Gasteiger partial charge in [0.05, 0.1) is 6.26 Å². The average Bonchev–Trinajstić information content (AvgIpc) is 3.26. The van der Waals surface area contributed by atoms with Crippen molar-refractivity contribution in [2.75, 3.05) is 19.6 Å². The zero-order chi connectivity index (χ0) is 16.0. The lowest BCUT2D eigenvalue weighted by molar-refractivity contribution is 0.0231. The Balaban J connectivity index is 1.62. The fourth-order valence-electron chi connectivity index (χ4n) is 2.50. The molecule has 1 unspecified atom stereocenters. The minimum absolute atomic E-state index is 0.171. The Morgan fingerprint density at radius 3 is 2.73 bits per heavy atom. The Hall–Kier alpha value is -1.23. The van der Waals surface area contributed by atoms with Gasteiger partial charge in [-0.25, -0.2) is 4.79 Å². The zero-order valence-electron chi connectivity index (χ0n) is 14.1. The minimum atomic E-state index is -0.422. The van der Waals surface area contributed by atoms with Crippen molar-refractivity contribution in [2.45, 2.75) is 70.6 Å². The van der Waals surface area contributed by atoms with Gasteiger partial charge in [0.25, 0.3) is 0 Å². The van der Waals surface area contributed by atoms with Crippen LogP contribution in [-0.4, -0.2) is 48.4 Å². The van der Waals surface area contributed by atoms with Crippen molar-refractivity contribution in [1.82, 2.24) is 10.2 Å². The molecule has 2 aliphatic rings. The van der Waals surface area contributed by atoms with Gasteiger partial charge in [-0.2, -0.15) is 0 Å². The molecule has 1 fully saturated rings.